The van der Waals surface area contributed by atoms with E-state index < -0.39 is 0 Å². The monoisotopic (exact) mass is 178 g/mol. The van der Waals surface area contributed by atoms with E-state index in [1.165, 1.54) is 12.5 Å². The van der Waals surface area contributed by atoms with Gasteiger partial charge in [-0.2, -0.15) is 0 Å². The molecule has 0 aliphatic carbocycles. The van der Waals surface area contributed by atoms with Crippen LogP contribution in [0, 0.1) is 0 Å². The van der Waals surface area contributed by atoms with Gasteiger partial charge in [0.2, 0.25) is 0 Å². The van der Waals surface area contributed by atoms with Gasteiger partial charge in [0.1, 0.15) is 6.61 Å². The lowest BCUT2D eigenvalue weighted by Crippen LogP contribution is -1.98. The van der Waals surface area contributed by atoms with E-state index in [4.69, 9.17) is 4.74 Å². The quantitative estimate of drug-likeness (QED) is 0.664. The van der Waals surface area contributed by atoms with E-state index in [9.17, 15) is 4.79 Å². The van der Waals surface area contributed by atoms with Crippen LogP contribution in [0.5, 0.6) is 0 Å². The molecule has 0 N–H and O–H groups in total. The first-order valence-corrected chi connectivity index (χ1v) is 4.43. The number of carbonyl (C=O) groups excluding carboxylic acids is 1. The molecule has 0 spiro atoms. The van der Waals surface area contributed by atoms with Crippen LogP contribution < -0.4 is 0 Å². The summed E-state index contributed by atoms with van der Waals surface area (Å²) in [6.45, 7) is 3.90. The first kappa shape index (κ1) is 9.78. The number of benzene rings is 1. The van der Waals surface area contributed by atoms with E-state index in [1.54, 1.807) is 0 Å². The number of ether oxygens (including phenoxy) is 1. The Kier molecular flexibility index (Phi) is 3.50. The van der Waals surface area contributed by atoms with E-state index in [1.807, 2.05) is 12.1 Å². The normalized spacial score (nSPS) is 9.69. The first-order chi connectivity index (χ1) is 6.22. The molecule has 0 radical (unpaired) electrons. The fraction of sp³-hybridized carbons (Fsp3) is 0.364. The van der Waals surface area contributed by atoms with Crippen molar-refractivity contribution in [3.05, 3.63) is 35.4 Å². The zero-order valence-electron chi connectivity index (χ0n) is 8.04. The van der Waals surface area contributed by atoms with Crippen LogP contribution in [0.3, 0.4) is 0 Å². The van der Waals surface area contributed by atoms with Gasteiger partial charge in [0.15, 0.2) is 0 Å². The Bertz CT molecular complexity index is 275. The zero-order valence-corrected chi connectivity index (χ0v) is 8.04. The molecule has 0 saturated carbocycles. The molecule has 1 aromatic carbocycles. The van der Waals surface area contributed by atoms with Crippen molar-refractivity contribution in [2.45, 2.75) is 26.9 Å². The first-order valence-electron chi connectivity index (χ1n) is 4.43. The molecule has 0 aliphatic rings. The summed E-state index contributed by atoms with van der Waals surface area (Å²) < 4.78 is 4.86. The molecular formula is C11H14O2. The van der Waals surface area contributed by atoms with E-state index in [2.05, 4.69) is 19.1 Å². The number of esters is 1. The number of hydrogen-bond acceptors (Lipinski definition) is 2. The molecule has 70 valence electrons. The molecule has 0 fully saturated rings. The molecule has 0 atom stereocenters. The minimum absolute atomic E-state index is 0.237. The van der Waals surface area contributed by atoms with Gasteiger partial charge in [0.05, 0.1) is 0 Å². The lowest BCUT2D eigenvalue weighted by Gasteiger charge is -2.02. The highest BCUT2D eigenvalue weighted by Crippen LogP contribution is 2.06. The summed E-state index contributed by atoms with van der Waals surface area (Å²) in [7, 11) is 0. The van der Waals surface area contributed by atoms with Crippen molar-refractivity contribution in [2.24, 2.45) is 0 Å². The fourth-order valence-corrected chi connectivity index (χ4v) is 1.06. The highest BCUT2D eigenvalue weighted by Gasteiger charge is 1.95. The van der Waals surface area contributed by atoms with Crippen molar-refractivity contribution in [1.82, 2.24) is 0 Å². The molecule has 0 aliphatic heterocycles. The maximum atomic E-state index is 10.5. The summed E-state index contributed by atoms with van der Waals surface area (Å²) >= 11 is 0. The topological polar surface area (TPSA) is 26.3 Å². The van der Waals surface area contributed by atoms with Gasteiger partial charge in [0.25, 0.3) is 0 Å². The minimum Gasteiger partial charge on any atom is -0.461 e. The van der Waals surface area contributed by atoms with Gasteiger partial charge in [-0.3, -0.25) is 4.79 Å². The van der Waals surface area contributed by atoms with Crippen molar-refractivity contribution in [2.75, 3.05) is 0 Å². The Labute approximate surface area is 78.5 Å². The van der Waals surface area contributed by atoms with Crippen LogP contribution in [0.1, 0.15) is 25.0 Å². The molecule has 0 bridgehead atoms. The molecule has 1 rings (SSSR count). The fourth-order valence-electron chi connectivity index (χ4n) is 1.06. The van der Waals surface area contributed by atoms with Crippen LogP contribution in [0.15, 0.2) is 24.3 Å². The summed E-state index contributed by atoms with van der Waals surface area (Å²) in [5.41, 5.74) is 2.33. The molecular weight excluding hydrogens is 164 g/mol. The summed E-state index contributed by atoms with van der Waals surface area (Å²) in [5.74, 6) is -0.237. The molecule has 13 heavy (non-hydrogen) atoms. The van der Waals surface area contributed by atoms with Crippen LogP contribution in [-0.2, 0) is 22.6 Å². The van der Waals surface area contributed by atoms with Crippen LogP contribution in [0.25, 0.3) is 0 Å². The summed E-state index contributed by atoms with van der Waals surface area (Å²) in [4.78, 5) is 10.5. The van der Waals surface area contributed by atoms with Crippen molar-refractivity contribution in [3.63, 3.8) is 0 Å². The summed E-state index contributed by atoms with van der Waals surface area (Å²) in [6.07, 6.45) is 1.04. The van der Waals surface area contributed by atoms with Gasteiger partial charge in [-0.15, -0.1) is 0 Å². The second kappa shape index (κ2) is 4.65. The number of carbonyl (C=O) groups is 1. The van der Waals surface area contributed by atoms with Gasteiger partial charge in [-0.1, -0.05) is 31.2 Å². The molecule has 0 aromatic heterocycles. The SMILES string of the molecule is CCc1ccc(COC(C)=O)cc1. The molecule has 0 amide bonds. The second-order valence-corrected chi connectivity index (χ2v) is 2.95. The molecule has 0 heterocycles. The standard InChI is InChI=1S/C11H14O2/c1-3-10-4-6-11(7-5-10)8-13-9(2)12/h4-7H,3,8H2,1-2H3. The molecule has 2 nitrogen and oxygen atoms in total. The highest BCUT2D eigenvalue weighted by atomic mass is 16.5. The van der Waals surface area contributed by atoms with Crippen LogP contribution in [0.2, 0.25) is 0 Å². The number of rotatable bonds is 3. The highest BCUT2D eigenvalue weighted by molar-refractivity contribution is 5.65. The van der Waals surface area contributed by atoms with Crippen LogP contribution in [-0.4, -0.2) is 5.97 Å². The lowest BCUT2D eigenvalue weighted by atomic mass is 10.1. The van der Waals surface area contributed by atoms with Crippen LogP contribution >= 0.6 is 0 Å². The van der Waals surface area contributed by atoms with Gasteiger partial charge in [-0.25, -0.2) is 0 Å². The van der Waals surface area contributed by atoms with Crippen molar-refractivity contribution >= 4 is 5.97 Å². The Balaban J connectivity index is 2.54. The maximum Gasteiger partial charge on any atom is 0.302 e. The predicted molar refractivity (Wildman–Crippen MR) is 51.3 cm³/mol. The molecule has 1 aromatic rings. The average Bonchev–Trinajstić information content (AvgIpc) is 2.15. The number of hydrogen-bond donors (Lipinski definition) is 0. The summed E-state index contributed by atoms with van der Waals surface area (Å²) in [6, 6.07) is 8.08. The van der Waals surface area contributed by atoms with Gasteiger partial charge in [0, 0.05) is 6.92 Å². The Morgan fingerprint density at radius 1 is 1.23 bits per heavy atom. The van der Waals surface area contributed by atoms with E-state index in [0.29, 0.717) is 6.61 Å². The van der Waals surface area contributed by atoms with Gasteiger partial charge in [-0.05, 0) is 17.5 Å². The van der Waals surface area contributed by atoms with Gasteiger partial charge >= 0.3 is 5.97 Å². The lowest BCUT2D eigenvalue weighted by molar-refractivity contribution is -0.142. The third-order valence-corrected chi connectivity index (χ3v) is 1.87. The molecule has 0 saturated heterocycles. The maximum absolute atomic E-state index is 10.5. The zero-order chi connectivity index (χ0) is 9.68. The minimum atomic E-state index is -0.237. The largest absolute Gasteiger partial charge is 0.461 e. The van der Waals surface area contributed by atoms with Crippen molar-refractivity contribution in [3.8, 4) is 0 Å². The van der Waals surface area contributed by atoms with E-state index >= 15 is 0 Å². The van der Waals surface area contributed by atoms with Gasteiger partial charge < -0.3 is 4.74 Å². The molecule has 0 unspecified atom stereocenters. The van der Waals surface area contributed by atoms with Crippen LogP contribution in [0.4, 0.5) is 0 Å². The van der Waals surface area contributed by atoms with E-state index in [-0.39, 0.29) is 5.97 Å². The third-order valence-electron chi connectivity index (χ3n) is 1.87. The summed E-state index contributed by atoms with van der Waals surface area (Å²) in [5, 5.41) is 0. The number of aryl methyl sites for hydroxylation is 1. The second-order valence-electron chi connectivity index (χ2n) is 2.95. The Morgan fingerprint density at radius 3 is 2.23 bits per heavy atom. The van der Waals surface area contributed by atoms with Crippen molar-refractivity contribution in [1.29, 1.82) is 0 Å². The molecule has 2 heteroatoms. The smallest absolute Gasteiger partial charge is 0.302 e. The Morgan fingerprint density at radius 2 is 1.77 bits per heavy atom. The Hall–Kier alpha value is -1.31. The van der Waals surface area contributed by atoms with E-state index in [0.717, 1.165) is 12.0 Å². The third kappa shape index (κ3) is 3.28. The average molecular weight is 178 g/mol. The predicted octanol–water partition coefficient (Wildman–Crippen LogP) is 2.31. The van der Waals surface area contributed by atoms with Crippen molar-refractivity contribution < 1.29 is 9.53 Å².